The van der Waals surface area contributed by atoms with E-state index in [0.717, 1.165) is 11.1 Å². The molecule has 0 spiro atoms. The quantitative estimate of drug-likeness (QED) is 0.307. The lowest BCUT2D eigenvalue weighted by molar-refractivity contribution is -0.146. The number of rotatable bonds is 9. The summed E-state index contributed by atoms with van der Waals surface area (Å²) in [5.74, 6) is -0.137. The molecule has 0 saturated carbocycles. The van der Waals surface area contributed by atoms with Crippen LogP contribution in [0.5, 0.6) is 5.75 Å². The van der Waals surface area contributed by atoms with E-state index < -0.39 is 35.2 Å². The van der Waals surface area contributed by atoms with E-state index in [2.05, 4.69) is 10.6 Å². The van der Waals surface area contributed by atoms with Gasteiger partial charge in [-0.2, -0.15) is 0 Å². The highest BCUT2D eigenvalue weighted by Gasteiger charge is 2.42. The predicted octanol–water partition coefficient (Wildman–Crippen LogP) is 6.45. The van der Waals surface area contributed by atoms with E-state index in [1.54, 1.807) is 57.0 Å². The van der Waals surface area contributed by atoms with Crippen molar-refractivity contribution in [2.75, 3.05) is 12.4 Å². The predicted molar refractivity (Wildman–Crippen MR) is 165 cm³/mol. The molecule has 42 heavy (non-hydrogen) atoms. The summed E-state index contributed by atoms with van der Waals surface area (Å²) in [7, 11) is 1.57. The zero-order valence-corrected chi connectivity index (χ0v) is 25.9. The molecule has 0 heterocycles. The molecule has 0 bridgehead atoms. The van der Waals surface area contributed by atoms with Crippen LogP contribution in [-0.4, -0.2) is 47.1 Å². The lowest BCUT2D eigenvalue weighted by Gasteiger charge is -2.43. The Morgan fingerprint density at radius 1 is 0.833 bits per heavy atom. The van der Waals surface area contributed by atoms with Crippen LogP contribution in [0.4, 0.5) is 10.5 Å². The largest absolute Gasteiger partial charge is 0.497 e. The third-order valence-corrected chi connectivity index (χ3v) is 6.49. The van der Waals surface area contributed by atoms with Crippen LogP contribution in [0.15, 0.2) is 78.9 Å². The number of methoxy groups -OCH3 is 1. The molecule has 224 valence electrons. The molecule has 2 unspecified atom stereocenters. The van der Waals surface area contributed by atoms with E-state index in [-0.39, 0.29) is 12.3 Å². The van der Waals surface area contributed by atoms with E-state index in [9.17, 15) is 14.4 Å². The molecule has 0 aromatic heterocycles. The highest BCUT2D eigenvalue weighted by Crippen LogP contribution is 2.32. The average molecular weight is 574 g/mol. The Morgan fingerprint density at radius 2 is 1.43 bits per heavy atom. The van der Waals surface area contributed by atoms with E-state index >= 15 is 0 Å². The fourth-order valence-electron chi connectivity index (χ4n) is 4.56. The van der Waals surface area contributed by atoms with Crippen molar-refractivity contribution in [2.45, 2.75) is 78.1 Å². The molecule has 0 aliphatic rings. The first-order valence-corrected chi connectivity index (χ1v) is 14.1. The SMILES string of the molecule is COc1ccc(NC(=O)C(c2ccc(C)cc2)N(C(=O)C(Cc2ccccc2)NC(=O)OC(C)(C)C)C(C)(C)C)cc1. The molecular weight excluding hydrogens is 530 g/mol. The van der Waals surface area contributed by atoms with Gasteiger partial charge in [0.15, 0.2) is 0 Å². The monoisotopic (exact) mass is 573 g/mol. The molecule has 0 radical (unpaired) electrons. The molecule has 3 aromatic rings. The molecule has 0 aliphatic carbocycles. The van der Waals surface area contributed by atoms with Gasteiger partial charge in [0.1, 0.15) is 23.4 Å². The van der Waals surface area contributed by atoms with Crippen molar-refractivity contribution in [2.24, 2.45) is 0 Å². The van der Waals surface area contributed by atoms with Crippen molar-refractivity contribution in [1.29, 1.82) is 0 Å². The summed E-state index contributed by atoms with van der Waals surface area (Å²) < 4.78 is 10.8. The third kappa shape index (κ3) is 9.09. The fraction of sp³-hybridized carbons (Fsp3) is 0.382. The summed E-state index contributed by atoms with van der Waals surface area (Å²) in [4.78, 5) is 43.2. The lowest BCUT2D eigenvalue weighted by Crippen LogP contribution is -2.58. The first-order valence-electron chi connectivity index (χ1n) is 14.1. The number of carbonyl (C=O) groups is 3. The van der Waals surface area contributed by atoms with Crippen molar-refractivity contribution < 1.29 is 23.9 Å². The Kier molecular flexibility index (Phi) is 10.4. The molecule has 0 saturated heterocycles. The van der Waals surface area contributed by atoms with Crippen LogP contribution in [-0.2, 0) is 20.7 Å². The summed E-state index contributed by atoms with van der Waals surface area (Å²) in [5.41, 5.74) is 1.52. The van der Waals surface area contributed by atoms with Gasteiger partial charge in [0.25, 0.3) is 5.91 Å². The van der Waals surface area contributed by atoms with Crippen molar-refractivity contribution >= 4 is 23.6 Å². The van der Waals surface area contributed by atoms with Gasteiger partial charge in [0.2, 0.25) is 5.91 Å². The zero-order chi connectivity index (χ0) is 31.1. The van der Waals surface area contributed by atoms with Crippen LogP contribution in [0.3, 0.4) is 0 Å². The Hall–Kier alpha value is -4.33. The number of ether oxygens (including phenoxy) is 2. The second-order valence-electron chi connectivity index (χ2n) is 12.3. The van der Waals surface area contributed by atoms with E-state index in [1.807, 2.05) is 82.3 Å². The summed E-state index contributed by atoms with van der Waals surface area (Å²) in [6.07, 6.45) is -0.494. The van der Waals surface area contributed by atoms with Crippen LogP contribution in [0.1, 0.15) is 64.3 Å². The van der Waals surface area contributed by atoms with Crippen LogP contribution in [0.25, 0.3) is 0 Å². The summed E-state index contributed by atoms with van der Waals surface area (Å²) >= 11 is 0. The van der Waals surface area contributed by atoms with Gasteiger partial charge in [-0.15, -0.1) is 0 Å². The van der Waals surface area contributed by atoms with Gasteiger partial charge in [-0.05, 0) is 83.9 Å². The minimum Gasteiger partial charge on any atom is -0.497 e. The summed E-state index contributed by atoms with van der Waals surface area (Å²) in [6, 6.07) is 22.0. The number of hydrogen-bond acceptors (Lipinski definition) is 5. The second-order valence-corrected chi connectivity index (χ2v) is 12.3. The van der Waals surface area contributed by atoms with Gasteiger partial charge >= 0.3 is 6.09 Å². The van der Waals surface area contributed by atoms with Gasteiger partial charge < -0.3 is 25.0 Å². The molecule has 0 aliphatic heterocycles. The number of hydrogen-bond donors (Lipinski definition) is 2. The number of amides is 3. The Bertz CT molecular complexity index is 1340. The Balaban J connectivity index is 2.07. The van der Waals surface area contributed by atoms with E-state index in [1.165, 1.54) is 0 Å². The van der Waals surface area contributed by atoms with Gasteiger partial charge in [-0.25, -0.2) is 4.79 Å². The van der Waals surface area contributed by atoms with Gasteiger partial charge in [-0.3, -0.25) is 9.59 Å². The van der Waals surface area contributed by atoms with Gasteiger partial charge in [-0.1, -0.05) is 60.2 Å². The van der Waals surface area contributed by atoms with Crippen LogP contribution in [0.2, 0.25) is 0 Å². The Labute approximate surface area is 249 Å². The lowest BCUT2D eigenvalue weighted by atomic mass is 9.93. The molecule has 2 N–H and O–H groups in total. The number of alkyl carbamates (subject to hydrolysis) is 1. The maximum Gasteiger partial charge on any atom is 0.408 e. The second kappa shape index (κ2) is 13.6. The summed E-state index contributed by atoms with van der Waals surface area (Å²) in [5, 5.41) is 5.77. The number of anilines is 1. The number of carbonyl (C=O) groups excluding carboxylic acids is 3. The molecule has 3 aromatic carbocycles. The molecule has 2 atom stereocenters. The molecule has 3 amide bonds. The molecule has 8 nitrogen and oxygen atoms in total. The van der Waals surface area contributed by atoms with Gasteiger partial charge in [0.05, 0.1) is 7.11 Å². The number of nitrogens with one attached hydrogen (secondary N) is 2. The smallest absolute Gasteiger partial charge is 0.408 e. The van der Waals surface area contributed by atoms with E-state index in [0.29, 0.717) is 17.0 Å². The maximum atomic E-state index is 14.6. The third-order valence-electron chi connectivity index (χ3n) is 6.49. The molecular formula is C34H43N3O5. The normalized spacial score (nSPS) is 13.0. The maximum absolute atomic E-state index is 14.6. The number of benzene rings is 3. The average Bonchev–Trinajstić information content (AvgIpc) is 2.91. The molecule has 8 heteroatoms. The van der Waals surface area contributed by atoms with Gasteiger partial charge in [0, 0.05) is 17.6 Å². The zero-order valence-electron chi connectivity index (χ0n) is 25.9. The highest BCUT2D eigenvalue weighted by molar-refractivity contribution is 5.99. The molecule has 3 rings (SSSR count). The first-order chi connectivity index (χ1) is 19.7. The number of aryl methyl sites for hydroxylation is 1. The van der Waals surface area contributed by atoms with Crippen molar-refractivity contribution in [3.8, 4) is 5.75 Å². The van der Waals surface area contributed by atoms with Crippen molar-refractivity contribution in [3.05, 3.63) is 95.6 Å². The van der Waals surface area contributed by atoms with Crippen molar-refractivity contribution in [3.63, 3.8) is 0 Å². The summed E-state index contributed by atoms with van der Waals surface area (Å²) in [6.45, 7) is 12.9. The first kappa shape index (κ1) is 32.2. The number of nitrogens with zero attached hydrogens (tertiary/aromatic N) is 1. The standard InChI is InChI=1S/C34H43N3O5/c1-23-14-16-25(17-15-23)29(30(38)35-26-18-20-27(41-8)21-19-26)37(33(2,3)4)31(39)28(22-24-12-10-9-11-13-24)36-32(40)42-34(5,6)7/h9-21,28-29H,22H2,1-8H3,(H,35,38)(H,36,40). The van der Waals surface area contributed by atoms with E-state index in [4.69, 9.17) is 9.47 Å². The topological polar surface area (TPSA) is 97.0 Å². The minimum absolute atomic E-state index is 0.214. The Morgan fingerprint density at radius 3 is 1.95 bits per heavy atom. The fourth-order valence-corrected chi connectivity index (χ4v) is 4.56. The van der Waals surface area contributed by atoms with Crippen LogP contribution < -0.4 is 15.4 Å². The van der Waals surface area contributed by atoms with Crippen LogP contribution >= 0.6 is 0 Å². The van der Waals surface area contributed by atoms with Crippen LogP contribution in [0, 0.1) is 6.92 Å². The molecule has 0 fully saturated rings. The highest BCUT2D eigenvalue weighted by atomic mass is 16.6. The minimum atomic E-state index is -1.00. The van der Waals surface area contributed by atoms with Crippen molar-refractivity contribution in [1.82, 2.24) is 10.2 Å².